The average Bonchev–Trinajstić information content (AvgIpc) is 3.28. The van der Waals surface area contributed by atoms with Gasteiger partial charge in [0, 0.05) is 17.5 Å². The highest BCUT2D eigenvalue weighted by molar-refractivity contribution is 7.09. The van der Waals surface area contributed by atoms with Crippen LogP contribution in [0.1, 0.15) is 10.7 Å². The number of aromatic nitrogens is 4. The maximum atomic E-state index is 12.0. The Balaban J connectivity index is 1.72. The quantitative estimate of drug-likeness (QED) is 0.646. The van der Waals surface area contributed by atoms with E-state index in [4.69, 9.17) is 9.47 Å². The molecule has 1 amide bonds. The molecule has 8 nitrogen and oxygen atoms in total. The summed E-state index contributed by atoms with van der Waals surface area (Å²) in [4.78, 5) is 20.5. The van der Waals surface area contributed by atoms with E-state index in [0.717, 1.165) is 10.7 Å². The van der Waals surface area contributed by atoms with Crippen molar-refractivity contribution in [1.82, 2.24) is 20.2 Å². The second kappa shape index (κ2) is 7.79. The van der Waals surface area contributed by atoms with Crippen LogP contribution in [0.15, 0.2) is 29.7 Å². The van der Waals surface area contributed by atoms with Crippen molar-refractivity contribution in [2.24, 2.45) is 0 Å². The first-order valence-corrected chi connectivity index (χ1v) is 8.53. The molecule has 0 spiro atoms. The van der Waals surface area contributed by atoms with Gasteiger partial charge in [0.2, 0.25) is 5.95 Å². The van der Waals surface area contributed by atoms with Gasteiger partial charge in [0.15, 0.2) is 5.82 Å². The van der Waals surface area contributed by atoms with Gasteiger partial charge in [0.05, 0.1) is 30.5 Å². The molecule has 0 fully saturated rings. The summed E-state index contributed by atoms with van der Waals surface area (Å²) < 4.78 is 10.5. The van der Waals surface area contributed by atoms with Gasteiger partial charge in [0.25, 0.3) is 5.91 Å². The van der Waals surface area contributed by atoms with Crippen molar-refractivity contribution < 1.29 is 14.3 Å². The number of rotatable bonds is 6. The van der Waals surface area contributed by atoms with Gasteiger partial charge in [-0.05, 0) is 25.1 Å². The van der Waals surface area contributed by atoms with Crippen LogP contribution in [0.5, 0.6) is 11.5 Å². The molecule has 2 aromatic heterocycles. The number of ether oxygens (including phenoxy) is 2. The molecule has 134 valence electrons. The van der Waals surface area contributed by atoms with Crippen LogP contribution in [0.4, 0.5) is 5.95 Å². The van der Waals surface area contributed by atoms with Gasteiger partial charge < -0.3 is 9.47 Å². The van der Waals surface area contributed by atoms with Gasteiger partial charge in [-0.25, -0.2) is 4.98 Å². The number of methoxy groups -OCH3 is 2. The average molecular weight is 371 g/mol. The van der Waals surface area contributed by atoms with Crippen LogP contribution in [-0.2, 0) is 4.79 Å². The zero-order valence-corrected chi connectivity index (χ0v) is 15.3. The molecule has 1 aromatic carbocycles. The van der Waals surface area contributed by atoms with Gasteiger partial charge in [-0.2, -0.15) is 4.98 Å². The number of nitrogens with zero attached hydrogens (tertiary/aromatic N) is 3. The molecule has 0 radical (unpaired) electrons. The van der Waals surface area contributed by atoms with E-state index in [0.29, 0.717) is 22.9 Å². The molecule has 0 aliphatic rings. The molecule has 2 heterocycles. The molecule has 0 unspecified atom stereocenters. The third kappa shape index (κ3) is 4.06. The standard InChI is InChI=1S/C17H17N5O3S/c1-10-18-11(9-26-10)4-7-15(23)19-17-20-16(21-22-17)13-6-5-12(24-2)8-14(13)25-3/h4-9H,1-3H3,(H2,19,20,21,22,23)/b7-4+. The number of benzene rings is 1. The fourth-order valence-electron chi connectivity index (χ4n) is 2.20. The minimum Gasteiger partial charge on any atom is -0.497 e. The molecule has 26 heavy (non-hydrogen) atoms. The third-order valence-corrected chi connectivity index (χ3v) is 4.22. The third-order valence-electron chi connectivity index (χ3n) is 3.43. The summed E-state index contributed by atoms with van der Waals surface area (Å²) in [6, 6.07) is 5.33. The Morgan fingerprint density at radius 3 is 2.81 bits per heavy atom. The van der Waals surface area contributed by atoms with E-state index in [1.807, 2.05) is 12.3 Å². The normalized spacial score (nSPS) is 10.9. The van der Waals surface area contributed by atoms with Crippen molar-refractivity contribution >= 4 is 29.3 Å². The molecule has 0 saturated heterocycles. The van der Waals surface area contributed by atoms with Crippen LogP contribution in [0.2, 0.25) is 0 Å². The second-order valence-corrected chi connectivity index (χ2v) is 6.25. The van der Waals surface area contributed by atoms with Crippen molar-refractivity contribution in [2.75, 3.05) is 19.5 Å². The Morgan fingerprint density at radius 2 is 2.12 bits per heavy atom. The first-order valence-electron chi connectivity index (χ1n) is 7.65. The molecule has 9 heteroatoms. The van der Waals surface area contributed by atoms with Gasteiger partial charge in [-0.3, -0.25) is 15.2 Å². The van der Waals surface area contributed by atoms with E-state index in [-0.39, 0.29) is 11.9 Å². The number of thiazole rings is 1. The monoisotopic (exact) mass is 371 g/mol. The van der Waals surface area contributed by atoms with Crippen LogP contribution in [0.3, 0.4) is 0 Å². The number of H-pyrrole nitrogens is 1. The molecule has 2 N–H and O–H groups in total. The first-order chi connectivity index (χ1) is 12.6. The molecule has 3 aromatic rings. The largest absolute Gasteiger partial charge is 0.497 e. The summed E-state index contributed by atoms with van der Waals surface area (Å²) in [6.07, 6.45) is 3.03. The van der Waals surface area contributed by atoms with Gasteiger partial charge in [0.1, 0.15) is 11.5 Å². The summed E-state index contributed by atoms with van der Waals surface area (Å²) in [7, 11) is 3.14. The molecule has 3 rings (SSSR count). The number of anilines is 1. The summed E-state index contributed by atoms with van der Waals surface area (Å²) >= 11 is 1.52. The van der Waals surface area contributed by atoms with Gasteiger partial charge in [-0.15, -0.1) is 16.4 Å². The topological polar surface area (TPSA) is 102 Å². The molecule has 0 saturated carbocycles. The zero-order chi connectivity index (χ0) is 18.5. The lowest BCUT2D eigenvalue weighted by atomic mass is 10.2. The van der Waals surface area contributed by atoms with E-state index in [1.54, 1.807) is 38.5 Å². The zero-order valence-electron chi connectivity index (χ0n) is 14.4. The number of carbonyl (C=O) groups is 1. The summed E-state index contributed by atoms with van der Waals surface area (Å²) in [6.45, 7) is 1.91. The van der Waals surface area contributed by atoms with E-state index < -0.39 is 0 Å². The van der Waals surface area contributed by atoms with Gasteiger partial charge >= 0.3 is 0 Å². The highest BCUT2D eigenvalue weighted by Gasteiger charge is 2.13. The highest BCUT2D eigenvalue weighted by atomic mass is 32.1. The van der Waals surface area contributed by atoms with Crippen LogP contribution >= 0.6 is 11.3 Å². The second-order valence-electron chi connectivity index (χ2n) is 5.19. The number of amides is 1. The lowest BCUT2D eigenvalue weighted by molar-refractivity contribution is -0.111. The minimum absolute atomic E-state index is 0.168. The Morgan fingerprint density at radius 1 is 1.27 bits per heavy atom. The molecule has 0 bridgehead atoms. The van der Waals surface area contributed by atoms with Crippen LogP contribution in [-0.4, -0.2) is 40.3 Å². The number of hydrogen-bond donors (Lipinski definition) is 2. The van der Waals surface area contributed by atoms with E-state index in [1.165, 1.54) is 17.4 Å². The Labute approximate surface area is 153 Å². The number of hydrogen-bond acceptors (Lipinski definition) is 7. The Bertz CT molecular complexity index is 948. The van der Waals surface area contributed by atoms with Crippen molar-refractivity contribution in [3.8, 4) is 22.9 Å². The van der Waals surface area contributed by atoms with Crippen LogP contribution in [0.25, 0.3) is 17.5 Å². The number of aryl methyl sites for hydroxylation is 1. The minimum atomic E-state index is -0.345. The van der Waals surface area contributed by atoms with Crippen molar-refractivity contribution in [3.63, 3.8) is 0 Å². The number of aromatic amines is 1. The fraction of sp³-hybridized carbons (Fsp3) is 0.176. The lowest BCUT2D eigenvalue weighted by Gasteiger charge is -2.07. The van der Waals surface area contributed by atoms with Gasteiger partial charge in [-0.1, -0.05) is 0 Å². The lowest BCUT2D eigenvalue weighted by Crippen LogP contribution is -2.09. The Kier molecular flexibility index (Phi) is 5.28. The molecule has 0 aliphatic heterocycles. The van der Waals surface area contributed by atoms with E-state index in [9.17, 15) is 4.79 Å². The summed E-state index contributed by atoms with van der Waals surface area (Å²) in [5, 5.41) is 12.2. The summed E-state index contributed by atoms with van der Waals surface area (Å²) in [5.41, 5.74) is 1.44. The molecular formula is C17H17N5O3S. The number of nitrogens with one attached hydrogen (secondary N) is 2. The fourth-order valence-corrected chi connectivity index (χ4v) is 2.78. The summed E-state index contributed by atoms with van der Waals surface area (Å²) in [5.74, 6) is 1.54. The van der Waals surface area contributed by atoms with E-state index >= 15 is 0 Å². The highest BCUT2D eigenvalue weighted by Crippen LogP contribution is 2.31. The maximum absolute atomic E-state index is 12.0. The Hall–Kier alpha value is -3.20. The smallest absolute Gasteiger partial charge is 0.250 e. The predicted octanol–water partition coefficient (Wildman–Crippen LogP) is 2.91. The van der Waals surface area contributed by atoms with Crippen molar-refractivity contribution in [2.45, 2.75) is 6.92 Å². The molecular weight excluding hydrogens is 354 g/mol. The van der Waals surface area contributed by atoms with Crippen molar-refractivity contribution in [1.29, 1.82) is 0 Å². The van der Waals surface area contributed by atoms with Crippen LogP contribution in [0, 0.1) is 6.92 Å². The van der Waals surface area contributed by atoms with Crippen LogP contribution < -0.4 is 14.8 Å². The maximum Gasteiger partial charge on any atom is 0.250 e. The SMILES string of the molecule is COc1ccc(-c2nc(NC(=O)/C=C/c3csc(C)n3)n[nH]2)c(OC)c1. The number of carbonyl (C=O) groups excluding carboxylic acids is 1. The van der Waals surface area contributed by atoms with Crippen molar-refractivity contribution in [3.05, 3.63) is 40.4 Å². The first kappa shape index (κ1) is 17.6. The van der Waals surface area contributed by atoms with E-state index in [2.05, 4.69) is 25.5 Å². The molecule has 0 aliphatic carbocycles. The molecule has 0 atom stereocenters. The predicted molar refractivity (Wildman–Crippen MR) is 99.4 cm³/mol.